The molecule has 16 nitrogen and oxygen atoms in total. The van der Waals surface area contributed by atoms with Crippen molar-refractivity contribution in [3.8, 4) is 11.5 Å². The zero-order chi connectivity index (χ0) is 45.3. The van der Waals surface area contributed by atoms with Crippen LogP contribution in [0.15, 0.2) is 24.3 Å². The summed E-state index contributed by atoms with van der Waals surface area (Å²) in [5, 5.41) is 24.9. The van der Waals surface area contributed by atoms with Gasteiger partial charge in [0, 0.05) is 50.6 Å². The number of nitrogens with zero attached hydrogens (tertiary/aromatic N) is 2. The topological polar surface area (TPSA) is 244 Å². The Morgan fingerprint density at radius 1 is 0.617 bits per heavy atom. The molecule has 60 heavy (non-hydrogen) atoms. The van der Waals surface area contributed by atoms with E-state index in [9.17, 15) is 65.3 Å². The van der Waals surface area contributed by atoms with Crippen molar-refractivity contribution < 1.29 is 74.8 Å². The minimum atomic E-state index is -5.64. The summed E-state index contributed by atoms with van der Waals surface area (Å²) in [4.78, 5) is 81.4. The van der Waals surface area contributed by atoms with E-state index in [4.69, 9.17) is 11.5 Å². The highest BCUT2D eigenvalue weighted by atomic mass is 19.4. The van der Waals surface area contributed by atoms with Gasteiger partial charge in [-0.25, -0.2) is 9.59 Å². The van der Waals surface area contributed by atoms with Crippen LogP contribution in [0.4, 0.5) is 37.7 Å². The number of hydrogen-bond donors (Lipinski definition) is 6. The Kier molecular flexibility index (Phi) is 17.0. The summed E-state index contributed by atoms with van der Waals surface area (Å²) < 4.78 is 88.9. The van der Waals surface area contributed by atoms with Crippen molar-refractivity contribution in [1.29, 1.82) is 0 Å². The largest absolute Gasteiger partial charge is 0.491 e. The number of nitrogens with two attached hydrogens (primary N) is 2. The molecule has 2 aromatic rings. The van der Waals surface area contributed by atoms with E-state index in [2.05, 4.69) is 20.1 Å². The molecular formula is C38H48F6N6O10. The summed E-state index contributed by atoms with van der Waals surface area (Å²) in [6.07, 6.45) is -10.7. The molecule has 1 aliphatic carbocycles. The number of benzene rings is 2. The molecule has 1 aliphatic rings. The van der Waals surface area contributed by atoms with Crippen molar-refractivity contribution >= 4 is 46.7 Å². The van der Waals surface area contributed by atoms with Crippen LogP contribution in [0.25, 0.3) is 0 Å². The predicted octanol–water partition coefficient (Wildman–Crippen LogP) is 2.61. The first-order valence-electron chi connectivity index (χ1n) is 18.7. The van der Waals surface area contributed by atoms with Crippen LogP contribution in [0.5, 0.6) is 11.5 Å². The van der Waals surface area contributed by atoms with Gasteiger partial charge < -0.3 is 51.6 Å². The summed E-state index contributed by atoms with van der Waals surface area (Å²) >= 11 is 0. The summed E-state index contributed by atoms with van der Waals surface area (Å²) in [6.45, 7) is 5.50. The highest BCUT2D eigenvalue weighted by molar-refractivity contribution is 6.33. The first kappa shape index (κ1) is 49.0. The molecule has 0 heterocycles. The van der Waals surface area contributed by atoms with E-state index in [-0.39, 0.29) is 62.5 Å². The molecule has 332 valence electrons. The number of anilines is 2. The molecule has 8 N–H and O–H groups in total. The third-order valence-electron chi connectivity index (χ3n) is 8.95. The van der Waals surface area contributed by atoms with E-state index in [1.165, 1.54) is 21.9 Å². The monoisotopic (exact) mass is 862 g/mol. The number of carbonyl (C=O) groups is 6. The first-order valence-corrected chi connectivity index (χ1v) is 18.7. The van der Waals surface area contributed by atoms with Gasteiger partial charge in [-0.2, -0.15) is 26.3 Å². The molecular weight excluding hydrogens is 814 g/mol. The number of esters is 2. The molecule has 2 atom stereocenters. The van der Waals surface area contributed by atoms with Gasteiger partial charge in [-0.05, 0) is 48.9 Å². The number of aliphatic hydroxyl groups excluding tert-OH is 2. The minimum absolute atomic E-state index is 0.0432. The van der Waals surface area contributed by atoms with Gasteiger partial charge in [0.05, 0.1) is 47.6 Å². The van der Waals surface area contributed by atoms with Crippen LogP contribution in [0, 0.1) is 11.8 Å². The molecule has 0 radical (unpaired) electrons. The molecule has 0 bridgehead atoms. The number of hydrogen-bond acceptors (Lipinski definition) is 14. The van der Waals surface area contributed by atoms with E-state index in [0.717, 1.165) is 0 Å². The Morgan fingerprint density at radius 2 is 0.950 bits per heavy atom. The first-order chi connectivity index (χ1) is 27.9. The lowest BCUT2D eigenvalue weighted by Gasteiger charge is -2.29. The van der Waals surface area contributed by atoms with Gasteiger partial charge in [-0.3, -0.25) is 19.2 Å². The van der Waals surface area contributed by atoms with Crippen LogP contribution in [0.2, 0.25) is 0 Å². The second-order valence-corrected chi connectivity index (χ2v) is 14.6. The number of alkyl halides is 6. The van der Waals surface area contributed by atoms with Gasteiger partial charge >= 0.3 is 24.3 Å². The number of amides is 2. The smallest absolute Gasteiger partial charge is 0.419 e. The van der Waals surface area contributed by atoms with E-state index < -0.39 is 107 Å². The van der Waals surface area contributed by atoms with Gasteiger partial charge in [0.25, 0.3) is 0 Å². The number of ketones is 2. The molecule has 22 heteroatoms. The van der Waals surface area contributed by atoms with Crippen LogP contribution >= 0.6 is 0 Å². The number of fused-ring (bicyclic) bond motifs is 2. The fraction of sp³-hybridized carbons (Fsp3) is 0.526. The maximum absolute atomic E-state index is 14.5. The molecule has 0 saturated carbocycles. The van der Waals surface area contributed by atoms with Crippen molar-refractivity contribution in [2.45, 2.75) is 65.0 Å². The third kappa shape index (κ3) is 12.4. The zero-order valence-corrected chi connectivity index (χ0v) is 33.2. The van der Waals surface area contributed by atoms with Crippen LogP contribution < -0.4 is 31.6 Å². The predicted molar refractivity (Wildman–Crippen MR) is 202 cm³/mol. The van der Waals surface area contributed by atoms with Crippen molar-refractivity contribution in [3.63, 3.8) is 0 Å². The Labute approximate surface area is 340 Å². The van der Waals surface area contributed by atoms with Crippen molar-refractivity contribution in [2.24, 2.45) is 23.3 Å². The molecule has 0 fully saturated rings. The maximum atomic E-state index is 14.5. The van der Waals surface area contributed by atoms with Gasteiger partial charge in [0.2, 0.25) is 23.4 Å². The van der Waals surface area contributed by atoms with Gasteiger partial charge in [0.1, 0.15) is 11.5 Å². The fourth-order valence-corrected chi connectivity index (χ4v) is 6.36. The van der Waals surface area contributed by atoms with Crippen LogP contribution in [-0.2, 0) is 19.2 Å². The summed E-state index contributed by atoms with van der Waals surface area (Å²) in [7, 11) is 0. The molecule has 0 spiro atoms. The Hall–Kier alpha value is -5.32. The van der Waals surface area contributed by atoms with E-state index in [1.54, 1.807) is 0 Å². The standard InChI is InChI=1S/C38H48F6N6O10/c1-19(2)17-21(45)33(55)49(13-15-51)11-9-47-23-5-6-24(48-10-12-50(14-16-52)34(56)22(46)18-20(3)4)28-27(23)31(53)29-25(59-35(57)37(39,40)41)7-8-26(30(29)32(28)54)60-36(58)38(42,43)44/h5-8,19-22,47-48,51-52H,9-18,45-46H2,1-4H3/t21-,22-/m0/s1. The average Bonchev–Trinajstić information content (AvgIpc) is 3.14. The molecule has 2 amide bonds. The molecule has 0 aromatic heterocycles. The fourth-order valence-electron chi connectivity index (χ4n) is 6.36. The molecule has 0 saturated heterocycles. The normalized spacial score (nSPS) is 13.7. The van der Waals surface area contributed by atoms with Gasteiger partial charge in [0.15, 0.2) is 0 Å². The summed E-state index contributed by atoms with van der Waals surface area (Å²) in [6, 6.07) is 1.54. The van der Waals surface area contributed by atoms with Crippen LogP contribution in [0.3, 0.4) is 0 Å². The van der Waals surface area contributed by atoms with Crippen molar-refractivity contribution in [3.05, 3.63) is 46.5 Å². The Bertz CT molecular complexity index is 1790. The van der Waals surface area contributed by atoms with Gasteiger partial charge in [-0.1, -0.05) is 27.7 Å². The highest BCUT2D eigenvalue weighted by Crippen LogP contribution is 2.44. The summed E-state index contributed by atoms with van der Waals surface area (Å²) in [5.74, 6) is -11.8. The van der Waals surface area contributed by atoms with Crippen molar-refractivity contribution in [1.82, 2.24) is 9.80 Å². The third-order valence-corrected chi connectivity index (χ3v) is 8.95. The van der Waals surface area contributed by atoms with Gasteiger partial charge in [-0.15, -0.1) is 0 Å². The number of rotatable bonds is 20. The lowest BCUT2D eigenvalue weighted by atomic mass is 9.81. The lowest BCUT2D eigenvalue weighted by Crippen LogP contribution is -2.47. The number of carbonyl (C=O) groups excluding carboxylic acids is 6. The summed E-state index contributed by atoms with van der Waals surface area (Å²) in [5.41, 5.74) is 8.29. The molecule has 3 rings (SSSR count). The molecule has 2 aromatic carbocycles. The zero-order valence-electron chi connectivity index (χ0n) is 33.2. The SMILES string of the molecule is CC(C)C[C@H](N)C(=O)N(CCO)CCNc1ccc(NCCN(CCO)C(=O)[C@@H](N)CC(C)C)c2c1C(=O)c1c(OC(=O)C(F)(F)F)ccc(OC(=O)C(F)(F)F)c1C2=O. The second kappa shape index (κ2) is 20.8. The Balaban J connectivity index is 2.18. The second-order valence-electron chi connectivity index (χ2n) is 14.6. The molecule has 0 aliphatic heterocycles. The van der Waals surface area contributed by atoms with E-state index in [0.29, 0.717) is 25.0 Å². The van der Waals surface area contributed by atoms with E-state index in [1.807, 2.05) is 27.7 Å². The maximum Gasteiger partial charge on any atom is 0.491 e. The lowest BCUT2D eigenvalue weighted by molar-refractivity contribution is -0.190. The molecule has 0 unspecified atom stereocenters. The van der Waals surface area contributed by atoms with Crippen LogP contribution in [-0.4, -0.2) is 132 Å². The van der Waals surface area contributed by atoms with Crippen LogP contribution in [0.1, 0.15) is 72.4 Å². The Morgan fingerprint density at radius 3 is 1.23 bits per heavy atom. The van der Waals surface area contributed by atoms with Crippen molar-refractivity contribution in [2.75, 3.05) is 63.1 Å². The minimum Gasteiger partial charge on any atom is -0.419 e. The quantitative estimate of drug-likeness (QED) is 0.0544. The highest BCUT2D eigenvalue weighted by Gasteiger charge is 2.46. The van der Waals surface area contributed by atoms with E-state index >= 15 is 0 Å². The number of nitrogens with one attached hydrogen (secondary N) is 2. The number of halogens is 6. The number of ether oxygens (including phenoxy) is 2. The number of aliphatic hydroxyl groups is 2. The average molecular weight is 863 g/mol.